The van der Waals surface area contributed by atoms with Crippen molar-refractivity contribution in [3.05, 3.63) is 35.4 Å². The zero-order valence-electron chi connectivity index (χ0n) is 11.6. The Balaban J connectivity index is 2.69. The lowest BCUT2D eigenvalue weighted by Gasteiger charge is -2.18. The molecule has 1 aromatic rings. The van der Waals surface area contributed by atoms with Gasteiger partial charge in [-0.2, -0.15) is 5.10 Å². The highest BCUT2D eigenvalue weighted by atomic mass is 16.6. The molecular formula is C14H20N2O2. The van der Waals surface area contributed by atoms with Crippen molar-refractivity contribution in [2.24, 2.45) is 5.10 Å². The molecule has 0 heterocycles. The molecular weight excluding hydrogens is 228 g/mol. The first-order valence-corrected chi connectivity index (χ1v) is 5.89. The molecule has 0 aromatic heterocycles. The quantitative estimate of drug-likeness (QED) is 0.645. The number of carbonyl (C=O) groups is 1. The lowest BCUT2D eigenvalue weighted by molar-refractivity contribution is 0.0529. The van der Waals surface area contributed by atoms with Crippen LogP contribution in [-0.2, 0) is 4.74 Å². The van der Waals surface area contributed by atoms with E-state index in [1.165, 1.54) is 0 Å². The first kappa shape index (κ1) is 14.2. The Morgan fingerprint density at radius 3 is 2.44 bits per heavy atom. The Hall–Kier alpha value is -1.84. The third kappa shape index (κ3) is 4.57. The highest BCUT2D eigenvalue weighted by Crippen LogP contribution is 2.09. The standard InChI is InChI=1S/C14H20N2O2/c1-10-8-6-7-9-12(10)11(2)15-16-13(17)18-14(3,4)5/h6-9H,1-5H3,(H,16,17)/b15-11-. The summed E-state index contributed by atoms with van der Waals surface area (Å²) in [5.74, 6) is 0. The fourth-order valence-electron chi connectivity index (χ4n) is 1.47. The molecule has 0 spiro atoms. The van der Waals surface area contributed by atoms with Crippen LogP contribution < -0.4 is 5.43 Å². The molecule has 98 valence electrons. The van der Waals surface area contributed by atoms with E-state index in [9.17, 15) is 4.79 Å². The molecule has 1 N–H and O–H groups in total. The van der Waals surface area contributed by atoms with E-state index < -0.39 is 11.7 Å². The molecule has 0 saturated carbocycles. The van der Waals surface area contributed by atoms with Crippen molar-refractivity contribution in [1.29, 1.82) is 0 Å². The number of nitrogens with zero attached hydrogens (tertiary/aromatic N) is 1. The normalized spacial score (nSPS) is 12.2. The van der Waals surface area contributed by atoms with E-state index in [0.717, 1.165) is 16.8 Å². The minimum absolute atomic E-state index is 0.518. The van der Waals surface area contributed by atoms with Gasteiger partial charge in [-0.15, -0.1) is 0 Å². The minimum Gasteiger partial charge on any atom is -0.443 e. The van der Waals surface area contributed by atoms with Crippen molar-refractivity contribution < 1.29 is 9.53 Å². The molecule has 4 heteroatoms. The first-order valence-electron chi connectivity index (χ1n) is 5.89. The molecule has 1 rings (SSSR count). The predicted molar refractivity (Wildman–Crippen MR) is 72.8 cm³/mol. The van der Waals surface area contributed by atoms with Gasteiger partial charge in [-0.3, -0.25) is 0 Å². The summed E-state index contributed by atoms with van der Waals surface area (Å²) in [5, 5.41) is 4.03. The summed E-state index contributed by atoms with van der Waals surface area (Å²) in [6, 6.07) is 7.87. The van der Waals surface area contributed by atoms with Crippen molar-refractivity contribution in [2.75, 3.05) is 0 Å². The van der Waals surface area contributed by atoms with Gasteiger partial charge < -0.3 is 4.74 Å². The molecule has 0 aliphatic rings. The molecule has 0 aliphatic carbocycles. The van der Waals surface area contributed by atoms with E-state index in [0.29, 0.717) is 0 Å². The molecule has 0 fully saturated rings. The van der Waals surface area contributed by atoms with E-state index in [-0.39, 0.29) is 0 Å². The molecule has 0 bridgehead atoms. The van der Waals surface area contributed by atoms with E-state index in [4.69, 9.17) is 4.74 Å². The van der Waals surface area contributed by atoms with Gasteiger partial charge in [-0.05, 0) is 40.2 Å². The van der Waals surface area contributed by atoms with Crippen LogP contribution in [0.25, 0.3) is 0 Å². The van der Waals surface area contributed by atoms with Crippen LogP contribution in [0, 0.1) is 6.92 Å². The third-order valence-corrected chi connectivity index (χ3v) is 2.25. The first-order chi connectivity index (χ1) is 8.29. The Morgan fingerprint density at radius 2 is 1.89 bits per heavy atom. The topological polar surface area (TPSA) is 50.7 Å². The van der Waals surface area contributed by atoms with Crippen molar-refractivity contribution >= 4 is 11.8 Å². The van der Waals surface area contributed by atoms with Crippen LogP contribution in [0.2, 0.25) is 0 Å². The van der Waals surface area contributed by atoms with Gasteiger partial charge in [0, 0.05) is 5.56 Å². The summed E-state index contributed by atoms with van der Waals surface area (Å²) >= 11 is 0. The number of carbonyl (C=O) groups excluding carboxylic acids is 1. The maximum absolute atomic E-state index is 11.4. The molecule has 4 nitrogen and oxygen atoms in total. The average molecular weight is 248 g/mol. The zero-order chi connectivity index (χ0) is 13.8. The number of amides is 1. The van der Waals surface area contributed by atoms with Crippen LogP contribution in [-0.4, -0.2) is 17.4 Å². The van der Waals surface area contributed by atoms with Gasteiger partial charge in [-0.25, -0.2) is 10.2 Å². The second kappa shape index (κ2) is 5.67. The van der Waals surface area contributed by atoms with Crippen molar-refractivity contribution in [3.8, 4) is 0 Å². The molecule has 0 radical (unpaired) electrons. The number of aryl methyl sites for hydroxylation is 1. The van der Waals surface area contributed by atoms with Crippen molar-refractivity contribution in [1.82, 2.24) is 5.43 Å². The Bertz CT molecular complexity index is 459. The highest BCUT2D eigenvalue weighted by Gasteiger charge is 2.15. The van der Waals surface area contributed by atoms with Gasteiger partial charge in [0.05, 0.1) is 5.71 Å². The fraction of sp³-hybridized carbons (Fsp3) is 0.429. The monoisotopic (exact) mass is 248 g/mol. The number of hydrogen-bond acceptors (Lipinski definition) is 3. The number of hydrazone groups is 1. The summed E-state index contributed by atoms with van der Waals surface area (Å²) in [6.45, 7) is 9.28. The van der Waals surface area contributed by atoms with Gasteiger partial charge in [0.15, 0.2) is 0 Å². The third-order valence-electron chi connectivity index (χ3n) is 2.25. The number of ether oxygens (including phenoxy) is 1. The van der Waals surface area contributed by atoms with Crippen LogP contribution in [0.3, 0.4) is 0 Å². The largest absolute Gasteiger partial charge is 0.443 e. The fourth-order valence-corrected chi connectivity index (χ4v) is 1.47. The summed E-state index contributed by atoms with van der Waals surface area (Å²) in [4.78, 5) is 11.4. The van der Waals surface area contributed by atoms with Gasteiger partial charge >= 0.3 is 6.09 Å². The van der Waals surface area contributed by atoms with E-state index in [1.54, 1.807) is 0 Å². The Labute approximate surface area is 108 Å². The molecule has 0 atom stereocenters. The van der Waals surface area contributed by atoms with Gasteiger partial charge in [0.2, 0.25) is 0 Å². The van der Waals surface area contributed by atoms with Crippen LogP contribution in [0.5, 0.6) is 0 Å². The summed E-state index contributed by atoms with van der Waals surface area (Å²) < 4.78 is 5.10. The second-order valence-electron chi connectivity index (χ2n) is 5.13. The van der Waals surface area contributed by atoms with Crippen LogP contribution in [0.4, 0.5) is 4.79 Å². The Morgan fingerprint density at radius 1 is 1.28 bits per heavy atom. The van der Waals surface area contributed by atoms with Crippen molar-refractivity contribution in [3.63, 3.8) is 0 Å². The van der Waals surface area contributed by atoms with E-state index in [1.807, 2.05) is 58.9 Å². The van der Waals surface area contributed by atoms with Gasteiger partial charge in [0.25, 0.3) is 0 Å². The zero-order valence-corrected chi connectivity index (χ0v) is 11.6. The maximum Gasteiger partial charge on any atom is 0.428 e. The molecule has 0 unspecified atom stereocenters. The number of rotatable bonds is 2. The number of benzene rings is 1. The smallest absolute Gasteiger partial charge is 0.428 e. The summed E-state index contributed by atoms with van der Waals surface area (Å²) in [7, 11) is 0. The summed E-state index contributed by atoms with van der Waals surface area (Å²) in [6.07, 6.45) is -0.546. The minimum atomic E-state index is -0.546. The lowest BCUT2D eigenvalue weighted by atomic mass is 10.1. The van der Waals surface area contributed by atoms with Crippen LogP contribution in [0.1, 0.15) is 38.8 Å². The maximum atomic E-state index is 11.4. The van der Waals surface area contributed by atoms with Crippen LogP contribution in [0.15, 0.2) is 29.4 Å². The van der Waals surface area contributed by atoms with E-state index in [2.05, 4.69) is 10.5 Å². The number of hydrogen-bond donors (Lipinski definition) is 1. The van der Waals surface area contributed by atoms with Gasteiger partial charge in [0.1, 0.15) is 5.60 Å². The molecule has 1 aromatic carbocycles. The van der Waals surface area contributed by atoms with Crippen molar-refractivity contribution in [2.45, 2.75) is 40.2 Å². The SMILES string of the molecule is C/C(=N/NC(=O)OC(C)(C)C)c1ccccc1C. The lowest BCUT2D eigenvalue weighted by Crippen LogP contribution is -2.30. The van der Waals surface area contributed by atoms with Crippen LogP contribution >= 0.6 is 0 Å². The molecule has 0 saturated heterocycles. The molecule has 1 amide bonds. The van der Waals surface area contributed by atoms with Gasteiger partial charge in [-0.1, -0.05) is 24.3 Å². The second-order valence-corrected chi connectivity index (χ2v) is 5.13. The molecule has 18 heavy (non-hydrogen) atoms. The highest BCUT2D eigenvalue weighted by molar-refractivity contribution is 6.00. The average Bonchev–Trinajstić information content (AvgIpc) is 2.24. The number of nitrogens with one attached hydrogen (secondary N) is 1. The Kier molecular flexibility index (Phi) is 4.48. The predicted octanol–water partition coefficient (Wildman–Crippen LogP) is 3.24. The molecule has 0 aliphatic heterocycles. The summed E-state index contributed by atoms with van der Waals surface area (Å²) in [5.41, 5.74) is 4.75. The van der Waals surface area contributed by atoms with E-state index >= 15 is 0 Å².